The van der Waals surface area contributed by atoms with E-state index in [2.05, 4.69) is 21.0 Å². The molecule has 0 bridgehead atoms. The second-order valence-corrected chi connectivity index (χ2v) is 4.88. The SMILES string of the molecule is Cc1nn(-c2ccc(CCl)cc2F)c(C)c1Br. The van der Waals surface area contributed by atoms with Crippen LogP contribution in [0.25, 0.3) is 5.69 Å². The van der Waals surface area contributed by atoms with E-state index >= 15 is 0 Å². The Morgan fingerprint density at radius 2 is 2.12 bits per heavy atom. The summed E-state index contributed by atoms with van der Waals surface area (Å²) in [5.41, 5.74) is 2.90. The van der Waals surface area contributed by atoms with Crippen LogP contribution in [0.15, 0.2) is 22.7 Å². The third-order valence-electron chi connectivity index (χ3n) is 2.60. The van der Waals surface area contributed by atoms with E-state index in [1.54, 1.807) is 16.8 Å². The molecule has 0 spiro atoms. The van der Waals surface area contributed by atoms with Gasteiger partial charge in [-0.3, -0.25) is 0 Å². The van der Waals surface area contributed by atoms with Gasteiger partial charge in [0.2, 0.25) is 0 Å². The molecule has 0 amide bonds. The lowest BCUT2D eigenvalue weighted by atomic mass is 10.2. The van der Waals surface area contributed by atoms with Crippen molar-refractivity contribution in [3.8, 4) is 5.69 Å². The molecular weight excluding hydrogens is 307 g/mol. The molecule has 0 fully saturated rings. The normalized spacial score (nSPS) is 10.9. The summed E-state index contributed by atoms with van der Waals surface area (Å²) in [4.78, 5) is 0. The van der Waals surface area contributed by atoms with Crippen molar-refractivity contribution in [2.45, 2.75) is 19.7 Å². The Labute approximate surface area is 113 Å². The first-order chi connectivity index (χ1) is 8.04. The van der Waals surface area contributed by atoms with Crippen LogP contribution in [0, 0.1) is 19.7 Å². The Bertz CT molecular complexity index is 566. The molecule has 1 aromatic carbocycles. The minimum Gasteiger partial charge on any atom is -0.234 e. The molecule has 0 saturated heterocycles. The Kier molecular flexibility index (Phi) is 3.54. The first-order valence-electron chi connectivity index (χ1n) is 5.11. The van der Waals surface area contributed by atoms with Crippen molar-refractivity contribution in [2.24, 2.45) is 0 Å². The van der Waals surface area contributed by atoms with Crippen LogP contribution >= 0.6 is 27.5 Å². The summed E-state index contributed by atoms with van der Waals surface area (Å²) in [5.74, 6) is -0.0147. The number of benzene rings is 1. The number of rotatable bonds is 2. The summed E-state index contributed by atoms with van der Waals surface area (Å²) < 4.78 is 16.4. The number of nitrogens with zero attached hydrogens (tertiary/aromatic N) is 2. The maximum absolute atomic E-state index is 13.9. The lowest BCUT2D eigenvalue weighted by Gasteiger charge is -2.07. The summed E-state index contributed by atoms with van der Waals surface area (Å²) in [6.45, 7) is 3.76. The van der Waals surface area contributed by atoms with Gasteiger partial charge in [0.05, 0.1) is 15.9 Å². The van der Waals surface area contributed by atoms with Crippen molar-refractivity contribution in [3.63, 3.8) is 0 Å². The molecule has 0 saturated carbocycles. The summed E-state index contributed by atoms with van der Waals surface area (Å²) in [6, 6.07) is 4.93. The van der Waals surface area contributed by atoms with Gasteiger partial charge in [-0.2, -0.15) is 5.10 Å². The number of aryl methyl sites for hydroxylation is 1. The highest BCUT2D eigenvalue weighted by molar-refractivity contribution is 9.10. The van der Waals surface area contributed by atoms with E-state index in [0.717, 1.165) is 21.4 Å². The molecule has 2 aromatic rings. The van der Waals surface area contributed by atoms with Crippen molar-refractivity contribution >= 4 is 27.5 Å². The zero-order valence-electron chi connectivity index (χ0n) is 9.47. The van der Waals surface area contributed by atoms with Crippen molar-refractivity contribution in [3.05, 3.63) is 45.4 Å². The molecule has 0 radical (unpaired) electrons. The lowest BCUT2D eigenvalue weighted by Crippen LogP contribution is -2.02. The minimum absolute atomic E-state index is 0.304. The van der Waals surface area contributed by atoms with Gasteiger partial charge in [-0.05, 0) is 47.5 Å². The molecule has 0 atom stereocenters. The highest BCUT2D eigenvalue weighted by atomic mass is 79.9. The van der Waals surface area contributed by atoms with Crippen LogP contribution in [0.2, 0.25) is 0 Å². The number of hydrogen-bond donors (Lipinski definition) is 0. The van der Waals surface area contributed by atoms with E-state index in [-0.39, 0.29) is 5.82 Å². The fraction of sp³-hybridized carbons (Fsp3) is 0.250. The second-order valence-electron chi connectivity index (χ2n) is 3.82. The van der Waals surface area contributed by atoms with Crippen LogP contribution in [0.4, 0.5) is 4.39 Å². The standard InChI is InChI=1S/C12H11BrClFN2/c1-7-12(13)8(2)17(16-7)11-4-3-9(6-14)5-10(11)15/h3-5H,6H2,1-2H3. The quantitative estimate of drug-likeness (QED) is 0.762. The van der Waals surface area contributed by atoms with Gasteiger partial charge in [0, 0.05) is 5.88 Å². The Morgan fingerprint density at radius 1 is 1.41 bits per heavy atom. The van der Waals surface area contributed by atoms with Crippen LogP contribution in [0.1, 0.15) is 17.0 Å². The predicted molar refractivity (Wildman–Crippen MR) is 70.3 cm³/mol. The average Bonchev–Trinajstić information content (AvgIpc) is 2.57. The van der Waals surface area contributed by atoms with Gasteiger partial charge >= 0.3 is 0 Å². The number of alkyl halides is 1. The lowest BCUT2D eigenvalue weighted by molar-refractivity contribution is 0.606. The molecule has 90 valence electrons. The summed E-state index contributed by atoms with van der Waals surface area (Å²) >= 11 is 9.08. The molecule has 0 aliphatic heterocycles. The summed E-state index contributed by atoms with van der Waals surface area (Å²) in [7, 11) is 0. The number of aromatic nitrogens is 2. The maximum Gasteiger partial charge on any atom is 0.149 e. The van der Waals surface area contributed by atoms with Crippen molar-refractivity contribution in [2.75, 3.05) is 0 Å². The van der Waals surface area contributed by atoms with E-state index in [1.807, 2.05) is 13.8 Å². The zero-order chi connectivity index (χ0) is 12.6. The van der Waals surface area contributed by atoms with Gasteiger partial charge in [-0.1, -0.05) is 6.07 Å². The van der Waals surface area contributed by atoms with E-state index in [9.17, 15) is 4.39 Å². The van der Waals surface area contributed by atoms with E-state index < -0.39 is 0 Å². The highest BCUT2D eigenvalue weighted by Crippen LogP contribution is 2.24. The van der Waals surface area contributed by atoms with E-state index in [4.69, 9.17) is 11.6 Å². The van der Waals surface area contributed by atoms with Crippen LogP contribution in [-0.2, 0) is 5.88 Å². The summed E-state index contributed by atoms with van der Waals surface area (Å²) in [5, 5.41) is 4.29. The van der Waals surface area contributed by atoms with Gasteiger partial charge in [-0.15, -0.1) is 11.6 Å². The first kappa shape index (κ1) is 12.6. The summed E-state index contributed by atoms with van der Waals surface area (Å²) in [6.07, 6.45) is 0. The van der Waals surface area contributed by atoms with Gasteiger partial charge in [0.15, 0.2) is 0 Å². The molecule has 2 nitrogen and oxygen atoms in total. The number of hydrogen-bond acceptors (Lipinski definition) is 1. The third kappa shape index (κ3) is 2.24. The average molecular weight is 318 g/mol. The Morgan fingerprint density at radius 3 is 2.59 bits per heavy atom. The van der Waals surface area contributed by atoms with E-state index in [1.165, 1.54) is 6.07 Å². The molecule has 2 rings (SSSR count). The topological polar surface area (TPSA) is 17.8 Å². The minimum atomic E-state index is -0.318. The molecular formula is C12H11BrClFN2. The van der Waals surface area contributed by atoms with Gasteiger partial charge in [0.25, 0.3) is 0 Å². The molecule has 1 aromatic heterocycles. The van der Waals surface area contributed by atoms with Gasteiger partial charge in [0.1, 0.15) is 11.5 Å². The second kappa shape index (κ2) is 4.78. The molecule has 17 heavy (non-hydrogen) atoms. The highest BCUT2D eigenvalue weighted by Gasteiger charge is 2.13. The smallest absolute Gasteiger partial charge is 0.149 e. The molecule has 1 heterocycles. The largest absolute Gasteiger partial charge is 0.234 e. The van der Waals surface area contributed by atoms with Crippen LogP contribution < -0.4 is 0 Å². The fourth-order valence-electron chi connectivity index (χ4n) is 1.66. The Balaban J connectivity index is 2.57. The van der Waals surface area contributed by atoms with Gasteiger partial charge in [-0.25, -0.2) is 9.07 Å². The molecule has 0 unspecified atom stereocenters. The molecule has 0 N–H and O–H groups in total. The third-order valence-corrected chi connectivity index (χ3v) is 4.05. The number of halogens is 3. The molecule has 5 heteroatoms. The van der Waals surface area contributed by atoms with Crippen LogP contribution in [-0.4, -0.2) is 9.78 Å². The van der Waals surface area contributed by atoms with E-state index in [0.29, 0.717) is 11.6 Å². The monoisotopic (exact) mass is 316 g/mol. The zero-order valence-corrected chi connectivity index (χ0v) is 11.8. The fourth-order valence-corrected chi connectivity index (χ4v) is 2.08. The Hall–Kier alpha value is -0.870. The predicted octanol–water partition coefficient (Wildman–Crippen LogP) is 4.13. The van der Waals surface area contributed by atoms with Crippen LogP contribution in [0.5, 0.6) is 0 Å². The van der Waals surface area contributed by atoms with Crippen LogP contribution in [0.3, 0.4) is 0 Å². The van der Waals surface area contributed by atoms with Crippen molar-refractivity contribution < 1.29 is 4.39 Å². The first-order valence-corrected chi connectivity index (χ1v) is 6.44. The molecule has 0 aliphatic carbocycles. The van der Waals surface area contributed by atoms with Crippen molar-refractivity contribution in [1.29, 1.82) is 0 Å². The van der Waals surface area contributed by atoms with Gasteiger partial charge < -0.3 is 0 Å². The van der Waals surface area contributed by atoms with Crippen molar-refractivity contribution in [1.82, 2.24) is 9.78 Å². The molecule has 0 aliphatic rings. The maximum atomic E-state index is 13.9.